The van der Waals surface area contributed by atoms with Crippen LogP contribution in [0.4, 0.5) is 5.69 Å². The number of unbranched alkanes of at least 4 members (excludes halogenated alkanes) is 1. The molecule has 0 saturated heterocycles. The van der Waals surface area contributed by atoms with Gasteiger partial charge in [0.05, 0.1) is 23.9 Å². The van der Waals surface area contributed by atoms with Gasteiger partial charge < -0.3 is 10.1 Å². The monoisotopic (exact) mass is 471 g/mol. The number of aromatic nitrogens is 4. The average Bonchev–Trinajstić information content (AvgIpc) is 3.45. The zero-order valence-corrected chi connectivity index (χ0v) is 19.2. The third-order valence-electron chi connectivity index (χ3n) is 4.84. The van der Waals surface area contributed by atoms with Crippen molar-refractivity contribution in [1.29, 1.82) is 0 Å². The van der Waals surface area contributed by atoms with Crippen molar-refractivity contribution in [2.24, 2.45) is 0 Å². The maximum Gasteiger partial charge on any atom is 0.337 e. The van der Waals surface area contributed by atoms with Crippen molar-refractivity contribution in [3.8, 4) is 0 Å². The molecule has 9 nitrogen and oxygen atoms in total. The number of carbonyl (C=O) groups excluding carboxylic acids is 2. The second-order valence-electron chi connectivity index (χ2n) is 6.97. The summed E-state index contributed by atoms with van der Waals surface area (Å²) in [5.74, 6) is -0.0671. The van der Waals surface area contributed by atoms with E-state index in [-0.39, 0.29) is 17.2 Å². The number of thiophene rings is 1. The number of nitrogens with one attached hydrogen (secondary N) is 1. The number of carbonyl (C=O) groups is 2. The van der Waals surface area contributed by atoms with Crippen molar-refractivity contribution in [3.63, 3.8) is 0 Å². The van der Waals surface area contributed by atoms with Crippen molar-refractivity contribution >= 4 is 56.7 Å². The SMILES string of the molecule is CCCCn1c(=O)c2sccc2n2c(SCC(=O)Nc3ccc(C(=O)OC)cc3)nnc12. The molecule has 0 saturated carbocycles. The van der Waals surface area contributed by atoms with Crippen LogP contribution in [-0.2, 0) is 16.1 Å². The van der Waals surface area contributed by atoms with E-state index in [0.717, 1.165) is 18.4 Å². The molecule has 1 aromatic carbocycles. The first-order valence-corrected chi connectivity index (χ1v) is 11.9. The highest BCUT2D eigenvalue weighted by molar-refractivity contribution is 7.99. The molecule has 3 aromatic heterocycles. The minimum Gasteiger partial charge on any atom is -0.465 e. The van der Waals surface area contributed by atoms with Gasteiger partial charge in [-0.25, -0.2) is 4.79 Å². The summed E-state index contributed by atoms with van der Waals surface area (Å²) in [6.45, 7) is 2.64. The number of nitrogens with zero attached hydrogens (tertiary/aromatic N) is 4. The Morgan fingerprint density at radius 2 is 1.97 bits per heavy atom. The number of hydrogen-bond donors (Lipinski definition) is 1. The molecule has 0 bridgehead atoms. The van der Waals surface area contributed by atoms with Gasteiger partial charge >= 0.3 is 5.97 Å². The summed E-state index contributed by atoms with van der Waals surface area (Å²) in [5.41, 5.74) is 1.66. The van der Waals surface area contributed by atoms with Gasteiger partial charge in [0.15, 0.2) is 5.16 Å². The van der Waals surface area contributed by atoms with E-state index in [4.69, 9.17) is 0 Å². The molecular formula is C21H21N5O4S2. The zero-order chi connectivity index (χ0) is 22.7. The Balaban J connectivity index is 1.53. The van der Waals surface area contributed by atoms with Gasteiger partial charge in [-0.2, -0.15) is 0 Å². The fraction of sp³-hybridized carbons (Fsp3) is 0.286. The summed E-state index contributed by atoms with van der Waals surface area (Å²) in [6, 6.07) is 8.33. The lowest BCUT2D eigenvalue weighted by Gasteiger charge is -2.09. The van der Waals surface area contributed by atoms with Gasteiger partial charge in [0.25, 0.3) is 5.56 Å². The van der Waals surface area contributed by atoms with Crippen LogP contribution in [0.15, 0.2) is 45.7 Å². The molecule has 166 valence electrons. The minimum atomic E-state index is -0.436. The van der Waals surface area contributed by atoms with E-state index >= 15 is 0 Å². The summed E-state index contributed by atoms with van der Waals surface area (Å²) < 4.78 is 8.81. The van der Waals surface area contributed by atoms with Gasteiger partial charge in [-0.15, -0.1) is 21.5 Å². The fourth-order valence-corrected chi connectivity index (χ4v) is 4.81. The second kappa shape index (κ2) is 9.53. The molecule has 0 fully saturated rings. The van der Waals surface area contributed by atoms with Crippen molar-refractivity contribution in [3.05, 3.63) is 51.6 Å². The van der Waals surface area contributed by atoms with E-state index in [1.165, 1.54) is 30.2 Å². The van der Waals surface area contributed by atoms with E-state index in [0.29, 0.717) is 33.4 Å². The summed E-state index contributed by atoms with van der Waals surface area (Å²) in [5, 5.41) is 13.7. The Morgan fingerprint density at radius 3 is 2.69 bits per heavy atom. The lowest BCUT2D eigenvalue weighted by atomic mass is 10.2. The molecule has 32 heavy (non-hydrogen) atoms. The number of thioether (sulfide) groups is 1. The van der Waals surface area contributed by atoms with Gasteiger partial charge in [0.1, 0.15) is 4.70 Å². The molecule has 0 spiro atoms. The molecule has 0 unspecified atom stereocenters. The Kier molecular flexibility index (Phi) is 6.56. The molecule has 0 aliphatic rings. The van der Waals surface area contributed by atoms with Crippen molar-refractivity contribution < 1.29 is 14.3 Å². The number of aryl methyl sites for hydroxylation is 1. The zero-order valence-electron chi connectivity index (χ0n) is 17.5. The van der Waals surface area contributed by atoms with E-state index in [2.05, 4.69) is 27.2 Å². The largest absolute Gasteiger partial charge is 0.465 e. The Labute approximate surface area is 191 Å². The van der Waals surface area contributed by atoms with Crippen LogP contribution in [0.5, 0.6) is 0 Å². The Morgan fingerprint density at radius 1 is 1.19 bits per heavy atom. The third-order valence-corrected chi connectivity index (χ3v) is 6.66. The van der Waals surface area contributed by atoms with Crippen LogP contribution in [-0.4, -0.2) is 43.9 Å². The number of rotatable bonds is 8. The van der Waals surface area contributed by atoms with Gasteiger partial charge in [-0.3, -0.25) is 18.6 Å². The van der Waals surface area contributed by atoms with Crippen LogP contribution in [0, 0.1) is 0 Å². The van der Waals surface area contributed by atoms with Crippen LogP contribution in [0.25, 0.3) is 16.0 Å². The molecule has 1 amide bonds. The summed E-state index contributed by atoms with van der Waals surface area (Å²) in [4.78, 5) is 36.8. The Hall–Kier alpha value is -3.18. The third kappa shape index (κ3) is 4.26. The van der Waals surface area contributed by atoms with Crippen LogP contribution < -0.4 is 10.9 Å². The topological polar surface area (TPSA) is 108 Å². The normalized spacial score (nSPS) is 11.2. The first-order valence-electron chi connectivity index (χ1n) is 9.99. The molecule has 0 aliphatic carbocycles. The molecule has 0 radical (unpaired) electrons. The molecule has 4 aromatic rings. The standard InChI is InChI=1S/C21H21N5O4S2/c1-3-4-10-25-18(28)17-15(9-11-31-17)26-20(25)23-24-21(26)32-12-16(27)22-14-7-5-13(6-8-14)19(29)30-2/h5-9,11H,3-4,10,12H2,1-2H3,(H,22,27). The minimum absolute atomic E-state index is 0.0620. The van der Waals surface area contributed by atoms with Crippen LogP contribution in [0.3, 0.4) is 0 Å². The Bertz CT molecular complexity index is 1340. The molecular weight excluding hydrogens is 450 g/mol. The number of hydrogen-bond acceptors (Lipinski definition) is 8. The number of anilines is 1. The maximum atomic E-state index is 12.9. The van der Waals surface area contributed by atoms with Gasteiger partial charge in [-0.05, 0) is 42.1 Å². The lowest BCUT2D eigenvalue weighted by molar-refractivity contribution is -0.113. The van der Waals surface area contributed by atoms with Crippen molar-refractivity contribution in [1.82, 2.24) is 19.2 Å². The van der Waals surface area contributed by atoms with Crippen LogP contribution >= 0.6 is 23.1 Å². The quantitative estimate of drug-likeness (QED) is 0.310. The van der Waals surface area contributed by atoms with E-state index in [1.807, 2.05) is 15.8 Å². The second-order valence-corrected chi connectivity index (χ2v) is 8.83. The predicted molar refractivity (Wildman–Crippen MR) is 125 cm³/mol. The first-order chi connectivity index (χ1) is 15.5. The van der Waals surface area contributed by atoms with Gasteiger partial charge in [0, 0.05) is 12.2 Å². The van der Waals surface area contributed by atoms with Gasteiger partial charge in [0.2, 0.25) is 11.7 Å². The van der Waals surface area contributed by atoms with E-state index < -0.39 is 5.97 Å². The predicted octanol–water partition coefficient (Wildman–Crippen LogP) is 3.42. The molecule has 0 aliphatic heterocycles. The maximum absolute atomic E-state index is 12.9. The summed E-state index contributed by atoms with van der Waals surface area (Å²) in [6.07, 6.45) is 1.82. The first kappa shape index (κ1) is 22.0. The molecule has 3 heterocycles. The van der Waals surface area contributed by atoms with Crippen molar-refractivity contribution in [2.75, 3.05) is 18.2 Å². The highest BCUT2D eigenvalue weighted by Crippen LogP contribution is 2.24. The van der Waals surface area contributed by atoms with Crippen LogP contribution in [0.2, 0.25) is 0 Å². The number of fused-ring (bicyclic) bond motifs is 3. The van der Waals surface area contributed by atoms with E-state index in [1.54, 1.807) is 28.8 Å². The van der Waals surface area contributed by atoms with Crippen LogP contribution in [0.1, 0.15) is 30.1 Å². The number of amides is 1. The van der Waals surface area contributed by atoms with Crippen molar-refractivity contribution in [2.45, 2.75) is 31.5 Å². The molecule has 0 atom stereocenters. The fourth-order valence-electron chi connectivity index (χ4n) is 3.25. The molecule has 1 N–H and O–H groups in total. The number of ether oxygens (including phenoxy) is 1. The average molecular weight is 472 g/mol. The van der Waals surface area contributed by atoms with Gasteiger partial charge in [-0.1, -0.05) is 25.1 Å². The number of benzene rings is 1. The summed E-state index contributed by atoms with van der Waals surface area (Å²) in [7, 11) is 1.32. The molecule has 11 heteroatoms. The lowest BCUT2D eigenvalue weighted by Crippen LogP contribution is -2.22. The van der Waals surface area contributed by atoms with E-state index in [9.17, 15) is 14.4 Å². The number of methoxy groups -OCH3 is 1. The highest BCUT2D eigenvalue weighted by atomic mass is 32.2. The number of esters is 1. The summed E-state index contributed by atoms with van der Waals surface area (Å²) >= 11 is 2.63. The smallest absolute Gasteiger partial charge is 0.337 e. The molecule has 4 rings (SSSR count). The highest BCUT2D eigenvalue weighted by Gasteiger charge is 2.18.